The summed E-state index contributed by atoms with van der Waals surface area (Å²) in [6.07, 6.45) is 1.94. The van der Waals surface area contributed by atoms with E-state index < -0.39 is 18.5 Å². The molecular weight excluding hydrogens is 268 g/mol. The number of nitrogens with zero attached hydrogens (tertiary/aromatic N) is 1. The molecule has 0 amide bonds. The van der Waals surface area contributed by atoms with Crippen LogP contribution in [-0.4, -0.2) is 24.1 Å². The second-order valence-corrected chi connectivity index (χ2v) is 3.55. The lowest BCUT2D eigenvalue weighted by molar-refractivity contribution is -0.145. The predicted molar refractivity (Wildman–Crippen MR) is 58.5 cm³/mol. The van der Waals surface area contributed by atoms with Crippen molar-refractivity contribution in [2.75, 3.05) is 0 Å². The van der Waals surface area contributed by atoms with Crippen LogP contribution in [0.4, 0.5) is 8.78 Å². The van der Waals surface area contributed by atoms with E-state index in [9.17, 15) is 18.7 Å². The first kappa shape index (κ1) is 14.2. The van der Waals surface area contributed by atoms with Crippen LogP contribution in [0, 0.1) is 17.8 Å². The number of halogens is 3. The molecule has 1 aliphatic carbocycles. The summed E-state index contributed by atoms with van der Waals surface area (Å²) in [6, 6.07) is 1.54. The van der Waals surface area contributed by atoms with Crippen molar-refractivity contribution in [1.82, 2.24) is 0 Å². The SMILES string of the molecule is N#CC=C(O)C1=C[CH+]C(Cl)=C(C=O)C1OC(F)F. The Hall–Kier alpha value is -1.84. The zero-order chi connectivity index (χ0) is 13.7. The number of hydrogen-bond acceptors (Lipinski definition) is 4. The number of alkyl halides is 2. The summed E-state index contributed by atoms with van der Waals surface area (Å²) in [7, 11) is 0. The molecule has 0 fully saturated rings. The highest BCUT2D eigenvalue weighted by molar-refractivity contribution is 6.33. The Morgan fingerprint density at radius 2 is 2.39 bits per heavy atom. The van der Waals surface area contributed by atoms with E-state index in [2.05, 4.69) is 4.74 Å². The largest absolute Gasteiger partial charge is 0.496 e. The van der Waals surface area contributed by atoms with Crippen LogP contribution in [0.3, 0.4) is 0 Å². The number of aliphatic hydroxyl groups excluding tert-OH is 1. The Morgan fingerprint density at radius 3 is 2.89 bits per heavy atom. The van der Waals surface area contributed by atoms with Gasteiger partial charge in [-0.1, -0.05) is 11.6 Å². The third-order valence-corrected chi connectivity index (χ3v) is 2.46. The molecule has 7 heteroatoms. The first-order valence-corrected chi connectivity index (χ1v) is 5.01. The van der Waals surface area contributed by atoms with Gasteiger partial charge in [0, 0.05) is 0 Å². The van der Waals surface area contributed by atoms with Crippen LogP contribution in [0.5, 0.6) is 0 Å². The molecule has 18 heavy (non-hydrogen) atoms. The molecule has 1 aliphatic rings. The third-order valence-electron chi connectivity index (χ3n) is 2.11. The van der Waals surface area contributed by atoms with Gasteiger partial charge in [-0.05, 0) is 0 Å². The zero-order valence-corrected chi connectivity index (χ0v) is 9.56. The van der Waals surface area contributed by atoms with Crippen LogP contribution in [0.1, 0.15) is 0 Å². The second-order valence-electron chi connectivity index (χ2n) is 3.15. The van der Waals surface area contributed by atoms with Gasteiger partial charge in [0.05, 0.1) is 24.6 Å². The Balaban J connectivity index is 3.15. The lowest BCUT2D eigenvalue weighted by atomic mass is 9.93. The molecule has 0 spiro atoms. The third kappa shape index (κ3) is 3.09. The number of allylic oxidation sites excluding steroid dienone is 3. The summed E-state index contributed by atoms with van der Waals surface area (Å²) in [4.78, 5) is 10.8. The standard InChI is InChI=1S/C11H6ClF2NO3/c12-8-2-1-6(9(17)3-4-15)10(7(8)5-16)18-11(13)14/h1-3,5,10-11H/p+1. The average molecular weight is 275 g/mol. The van der Waals surface area contributed by atoms with E-state index in [-0.39, 0.29) is 22.5 Å². The van der Waals surface area contributed by atoms with Crippen LogP contribution in [0.2, 0.25) is 0 Å². The lowest BCUT2D eigenvalue weighted by Crippen LogP contribution is -2.26. The van der Waals surface area contributed by atoms with Crippen LogP contribution < -0.4 is 0 Å². The summed E-state index contributed by atoms with van der Waals surface area (Å²) in [5.74, 6) is -0.567. The van der Waals surface area contributed by atoms with Crippen molar-refractivity contribution < 1.29 is 23.4 Å². The van der Waals surface area contributed by atoms with Gasteiger partial charge < -0.3 is 5.11 Å². The molecule has 4 nitrogen and oxygen atoms in total. The maximum atomic E-state index is 12.3. The molecule has 0 aliphatic heterocycles. The summed E-state index contributed by atoms with van der Waals surface area (Å²) < 4.78 is 28.8. The van der Waals surface area contributed by atoms with E-state index in [0.717, 1.165) is 6.08 Å². The Kier molecular flexibility index (Phi) is 4.89. The summed E-state index contributed by atoms with van der Waals surface area (Å²) >= 11 is 5.67. The van der Waals surface area contributed by atoms with E-state index in [0.29, 0.717) is 0 Å². The number of hydrogen-bond donors (Lipinski definition) is 1. The summed E-state index contributed by atoms with van der Waals surface area (Å²) in [5, 5.41) is 17.8. The molecule has 0 aromatic rings. The van der Waals surface area contributed by atoms with E-state index in [1.807, 2.05) is 0 Å². The minimum atomic E-state index is -3.16. The van der Waals surface area contributed by atoms with Crippen LogP contribution in [0.15, 0.2) is 34.1 Å². The normalized spacial score (nSPS) is 20.3. The molecule has 1 N–H and O–H groups in total. The van der Waals surface area contributed by atoms with Crippen molar-refractivity contribution in [2.45, 2.75) is 12.7 Å². The number of carbonyl (C=O) groups is 1. The highest BCUT2D eigenvalue weighted by Gasteiger charge is 2.38. The van der Waals surface area contributed by atoms with E-state index in [1.165, 1.54) is 18.6 Å². The maximum absolute atomic E-state index is 12.3. The van der Waals surface area contributed by atoms with Crippen molar-refractivity contribution in [3.05, 3.63) is 40.5 Å². The Labute approximate surface area is 106 Å². The van der Waals surface area contributed by atoms with Crippen LogP contribution in [-0.2, 0) is 9.53 Å². The highest BCUT2D eigenvalue weighted by atomic mass is 35.5. The van der Waals surface area contributed by atoms with Crippen molar-refractivity contribution in [1.29, 1.82) is 5.26 Å². The fourth-order valence-corrected chi connectivity index (χ4v) is 1.58. The van der Waals surface area contributed by atoms with Gasteiger partial charge in [-0.25, -0.2) is 0 Å². The van der Waals surface area contributed by atoms with Gasteiger partial charge in [0.2, 0.25) is 12.4 Å². The number of aliphatic hydroxyl groups is 1. The first-order valence-electron chi connectivity index (χ1n) is 4.63. The van der Waals surface area contributed by atoms with Gasteiger partial charge in [0.15, 0.2) is 10.8 Å². The molecule has 1 unspecified atom stereocenters. The fourth-order valence-electron chi connectivity index (χ4n) is 1.37. The molecule has 0 aromatic heterocycles. The number of aldehydes is 1. The van der Waals surface area contributed by atoms with E-state index in [4.69, 9.17) is 16.9 Å². The first-order chi connectivity index (χ1) is 8.51. The molecule has 0 saturated carbocycles. The van der Waals surface area contributed by atoms with E-state index >= 15 is 0 Å². The number of nitriles is 1. The quantitative estimate of drug-likeness (QED) is 0.370. The summed E-state index contributed by atoms with van der Waals surface area (Å²) in [5.41, 5.74) is -0.379. The second kappa shape index (κ2) is 6.19. The van der Waals surface area contributed by atoms with E-state index in [1.54, 1.807) is 0 Å². The molecule has 0 saturated heterocycles. The smallest absolute Gasteiger partial charge is 0.348 e. The minimum Gasteiger partial charge on any atom is -0.496 e. The highest BCUT2D eigenvalue weighted by Crippen LogP contribution is 2.32. The zero-order valence-electron chi connectivity index (χ0n) is 8.81. The molecule has 0 radical (unpaired) electrons. The Morgan fingerprint density at radius 1 is 1.72 bits per heavy atom. The predicted octanol–water partition coefficient (Wildman–Crippen LogP) is 2.40. The van der Waals surface area contributed by atoms with Crippen molar-refractivity contribution >= 4 is 17.9 Å². The number of ether oxygens (including phenoxy) is 1. The topological polar surface area (TPSA) is 70.3 Å². The molecular formula is C11H7ClF2NO3+. The van der Waals surface area contributed by atoms with Crippen LogP contribution >= 0.6 is 11.6 Å². The number of carbonyl (C=O) groups excluding carboxylic acids is 1. The molecule has 0 heterocycles. The van der Waals surface area contributed by atoms with Crippen molar-refractivity contribution in [3.63, 3.8) is 0 Å². The molecule has 0 bridgehead atoms. The number of rotatable bonds is 4. The molecule has 0 aromatic carbocycles. The van der Waals surface area contributed by atoms with Gasteiger partial charge in [-0.3, -0.25) is 9.53 Å². The van der Waals surface area contributed by atoms with Gasteiger partial charge in [0.25, 0.3) is 0 Å². The summed E-state index contributed by atoms with van der Waals surface area (Å²) in [6.45, 7) is -3.16. The maximum Gasteiger partial charge on any atom is 0.348 e. The Bertz CT molecular complexity index is 477. The van der Waals surface area contributed by atoms with Gasteiger partial charge in [-0.2, -0.15) is 14.0 Å². The average Bonchev–Trinajstić information content (AvgIpc) is 2.29. The van der Waals surface area contributed by atoms with Crippen molar-refractivity contribution in [3.8, 4) is 6.07 Å². The van der Waals surface area contributed by atoms with Gasteiger partial charge >= 0.3 is 6.61 Å². The minimum absolute atomic E-state index is 0.0656. The van der Waals surface area contributed by atoms with Crippen LogP contribution in [0.25, 0.3) is 0 Å². The van der Waals surface area contributed by atoms with Crippen molar-refractivity contribution in [2.24, 2.45) is 0 Å². The van der Waals surface area contributed by atoms with Gasteiger partial charge in [-0.15, -0.1) is 0 Å². The molecule has 1 rings (SSSR count). The molecule has 1 atom stereocenters. The van der Waals surface area contributed by atoms with Gasteiger partial charge in [0.1, 0.15) is 11.1 Å². The molecule has 94 valence electrons. The monoisotopic (exact) mass is 274 g/mol. The fraction of sp³-hybridized carbons (Fsp3) is 0.182. The lowest BCUT2D eigenvalue weighted by Gasteiger charge is -2.17.